The lowest BCUT2D eigenvalue weighted by atomic mass is 10.1. The molecular weight excluding hydrogens is 380 g/mol. The van der Waals surface area contributed by atoms with E-state index in [0.29, 0.717) is 11.1 Å². The van der Waals surface area contributed by atoms with Crippen LogP contribution >= 0.6 is 0 Å². The molecule has 0 saturated heterocycles. The molecule has 0 fully saturated rings. The topological polar surface area (TPSA) is 117 Å². The van der Waals surface area contributed by atoms with E-state index in [1.54, 1.807) is 30.3 Å². The van der Waals surface area contributed by atoms with Crippen LogP contribution in [0.2, 0.25) is 0 Å². The van der Waals surface area contributed by atoms with Crippen LogP contribution in [0.25, 0.3) is 0 Å². The molecule has 140 valence electrons. The molecule has 0 aliphatic heterocycles. The minimum absolute atomic E-state index is 0.0569. The summed E-state index contributed by atoms with van der Waals surface area (Å²) < 4.78 is 27.1. The van der Waals surface area contributed by atoms with Crippen molar-refractivity contribution in [2.45, 2.75) is 4.90 Å². The second-order valence-electron chi connectivity index (χ2n) is 5.63. The second-order valence-corrected chi connectivity index (χ2v) is 7.31. The maximum atomic E-state index is 12.4. The summed E-state index contributed by atoms with van der Waals surface area (Å²) in [5, 5.41) is 18.5. The van der Waals surface area contributed by atoms with Crippen molar-refractivity contribution in [1.82, 2.24) is 4.98 Å². The summed E-state index contributed by atoms with van der Waals surface area (Å²) in [7, 11) is -3.77. The lowest BCUT2D eigenvalue weighted by Crippen LogP contribution is -2.13. The van der Waals surface area contributed by atoms with Crippen LogP contribution in [0.5, 0.6) is 5.75 Å². The number of nitrogens with one attached hydrogen (secondary N) is 1. The third-order valence-corrected chi connectivity index (χ3v) is 5.02. The Balaban J connectivity index is 1.80. The van der Waals surface area contributed by atoms with E-state index in [1.165, 1.54) is 36.5 Å². The molecule has 28 heavy (non-hydrogen) atoms. The van der Waals surface area contributed by atoms with E-state index in [4.69, 9.17) is 5.11 Å². The first-order chi connectivity index (χ1) is 13.3. The van der Waals surface area contributed by atoms with E-state index in [9.17, 15) is 18.3 Å². The van der Waals surface area contributed by atoms with Crippen LogP contribution < -0.4 is 4.72 Å². The highest BCUT2D eigenvalue weighted by molar-refractivity contribution is 7.92. The largest absolute Gasteiger partial charge is 0.507 e. The van der Waals surface area contributed by atoms with Crippen molar-refractivity contribution in [3.8, 4) is 17.6 Å². The second kappa shape index (κ2) is 7.82. The molecule has 1 aromatic heterocycles. The van der Waals surface area contributed by atoms with Crippen molar-refractivity contribution in [2.75, 3.05) is 4.72 Å². The average Bonchev–Trinajstić information content (AvgIpc) is 2.68. The summed E-state index contributed by atoms with van der Waals surface area (Å²) in [6.45, 7) is 0. The fraction of sp³-hybridized carbons (Fsp3) is 0. The molecule has 3 aromatic rings. The minimum atomic E-state index is -3.77. The number of carboxylic acids is 1. The van der Waals surface area contributed by atoms with Crippen molar-refractivity contribution in [1.29, 1.82) is 0 Å². The molecule has 0 aliphatic carbocycles. The Morgan fingerprint density at radius 1 is 0.964 bits per heavy atom. The minimum Gasteiger partial charge on any atom is -0.507 e. The smallest absolute Gasteiger partial charge is 0.339 e. The van der Waals surface area contributed by atoms with Gasteiger partial charge >= 0.3 is 5.97 Å². The van der Waals surface area contributed by atoms with E-state index >= 15 is 0 Å². The van der Waals surface area contributed by atoms with Crippen LogP contribution in [-0.4, -0.2) is 29.6 Å². The Morgan fingerprint density at radius 3 is 2.29 bits per heavy atom. The molecule has 0 atom stereocenters. The van der Waals surface area contributed by atoms with Crippen molar-refractivity contribution in [2.24, 2.45) is 0 Å². The number of hydrogen-bond donors (Lipinski definition) is 3. The van der Waals surface area contributed by atoms with Crippen molar-refractivity contribution in [3.63, 3.8) is 0 Å². The molecule has 0 radical (unpaired) electrons. The summed E-state index contributed by atoms with van der Waals surface area (Å²) in [5.41, 5.74) is 0.708. The Bertz CT molecular complexity index is 1180. The van der Waals surface area contributed by atoms with Gasteiger partial charge in [0.25, 0.3) is 10.0 Å². The normalized spacial score (nSPS) is 10.6. The van der Waals surface area contributed by atoms with Crippen LogP contribution in [0.3, 0.4) is 0 Å². The van der Waals surface area contributed by atoms with Gasteiger partial charge in [0.15, 0.2) is 0 Å². The van der Waals surface area contributed by atoms with Gasteiger partial charge < -0.3 is 10.2 Å². The Kier molecular flexibility index (Phi) is 5.29. The summed E-state index contributed by atoms with van der Waals surface area (Å²) >= 11 is 0. The molecule has 0 saturated carbocycles. The summed E-state index contributed by atoms with van der Waals surface area (Å²) in [6.07, 6.45) is 1.48. The van der Waals surface area contributed by atoms with E-state index in [1.807, 2.05) is 0 Å². The SMILES string of the molecule is O=C(O)c1cc(C#Cc2ccc(S(=O)(=O)Nc3ccccn3)cc2)ccc1O. The van der Waals surface area contributed by atoms with Gasteiger partial charge in [-0.05, 0) is 54.6 Å². The van der Waals surface area contributed by atoms with Crippen molar-refractivity contribution >= 4 is 21.8 Å². The molecule has 2 aromatic carbocycles. The zero-order chi connectivity index (χ0) is 20.1. The van der Waals surface area contributed by atoms with Gasteiger partial charge in [0.1, 0.15) is 17.1 Å². The van der Waals surface area contributed by atoms with Gasteiger partial charge in [-0.1, -0.05) is 17.9 Å². The molecule has 0 unspecified atom stereocenters. The number of phenols is 1. The Morgan fingerprint density at radius 2 is 1.64 bits per heavy atom. The Hall–Kier alpha value is -3.83. The van der Waals surface area contributed by atoms with Gasteiger partial charge in [0.2, 0.25) is 0 Å². The molecule has 7 nitrogen and oxygen atoms in total. The van der Waals surface area contributed by atoms with Gasteiger partial charge in [-0.25, -0.2) is 18.2 Å². The van der Waals surface area contributed by atoms with Gasteiger partial charge in [0.05, 0.1) is 4.90 Å². The van der Waals surface area contributed by atoms with Crippen LogP contribution in [0.1, 0.15) is 21.5 Å². The van der Waals surface area contributed by atoms with Gasteiger partial charge in [-0.2, -0.15) is 0 Å². The van der Waals surface area contributed by atoms with E-state index < -0.39 is 16.0 Å². The van der Waals surface area contributed by atoms with Crippen molar-refractivity contribution in [3.05, 3.63) is 83.6 Å². The van der Waals surface area contributed by atoms with E-state index in [-0.39, 0.29) is 22.0 Å². The first-order valence-electron chi connectivity index (χ1n) is 7.97. The number of anilines is 1. The number of carbonyl (C=O) groups is 1. The zero-order valence-electron chi connectivity index (χ0n) is 14.3. The molecule has 3 rings (SSSR count). The van der Waals surface area contributed by atoms with Crippen molar-refractivity contribution < 1.29 is 23.4 Å². The van der Waals surface area contributed by atoms with Gasteiger partial charge in [0, 0.05) is 17.3 Å². The monoisotopic (exact) mass is 394 g/mol. The third-order valence-electron chi connectivity index (χ3n) is 3.65. The number of hydrogen-bond acceptors (Lipinski definition) is 5. The van der Waals surface area contributed by atoms with Crippen LogP contribution in [-0.2, 0) is 10.0 Å². The molecule has 1 heterocycles. The first kappa shape index (κ1) is 18.9. The zero-order valence-corrected chi connectivity index (χ0v) is 15.1. The van der Waals surface area contributed by atoms with Gasteiger partial charge in [-0.3, -0.25) is 4.72 Å². The average molecular weight is 394 g/mol. The molecular formula is C20H14N2O5S. The maximum absolute atomic E-state index is 12.4. The van der Waals surface area contributed by atoms with Crippen LogP contribution in [0.15, 0.2) is 71.8 Å². The number of pyridine rings is 1. The highest BCUT2D eigenvalue weighted by Gasteiger charge is 2.14. The van der Waals surface area contributed by atoms with E-state index in [0.717, 1.165) is 0 Å². The lowest BCUT2D eigenvalue weighted by molar-refractivity contribution is 0.0693. The highest BCUT2D eigenvalue weighted by atomic mass is 32.2. The third kappa shape index (κ3) is 4.47. The predicted molar refractivity (Wildman–Crippen MR) is 103 cm³/mol. The predicted octanol–water partition coefficient (Wildman–Crippen LogP) is 2.69. The first-order valence-corrected chi connectivity index (χ1v) is 9.46. The number of benzene rings is 2. The molecule has 0 amide bonds. The molecule has 0 bridgehead atoms. The van der Waals surface area contributed by atoms with E-state index in [2.05, 4.69) is 21.5 Å². The summed E-state index contributed by atoms with van der Waals surface area (Å²) in [4.78, 5) is 15.0. The Labute approximate surface area is 161 Å². The lowest BCUT2D eigenvalue weighted by Gasteiger charge is -2.06. The number of rotatable bonds is 4. The molecule has 3 N–H and O–H groups in total. The molecule has 8 heteroatoms. The number of sulfonamides is 1. The maximum Gasteiger partial charge on any atom is 0.339 e. The summed E-state index contributed by atoms with van der Waals surface area (Å²) in [5.74, 6) is 4.23. The molecule has 0 aliphatic rings. The standard InChI is InChI=1S/C20H14N2O5S/c23-18-11-8-15(13-17(18)20(24)25)5-4-14-6-9-16(10-7-14)28(26,27)22-19-3-1-2-12-21-19/h1-3,6-13,23H,(H,21,22)(H,24,25). The number of aromatic carboxylic acids is 1. The highest BCUT2D eigenvalue weighted by Crippen LogP contribution is 2.18. The summed E-state index contributed by atoms with van der Waals surface area (Å²) in [6, 6.07) is 14.8. The number of aromatic hydroxyl groups is 1. The van der Waals surface area contributed by atoms with Crippen LogP contribution in [0.4, 0.5) is 5.82 Å². The number of aromatic nitrogens is 1. The quantitative estimate of drug-likeness (QED) is 0.586. The fourth-order valence-corrected chi connectivity index (χ4v) is 3.27. The number of nitrogens with zero attached hydrogens (tertiary/aromatic N) is 1. The molecule has 0 spiro atoms. The fourth-order valence-electron chi connectivity index (χ4n) is 2.27. The number of carboxylic acid groups (broad SMARTS) is 1. The van der Waals surface area contributed by atoms with Gasteiger partial charge in [-0.15, -0.1) is 0 Å². The van der Waals surface area contributed by atoms with Crippen LogP contribution in [0, 0.1) is 11.8 Å².